The predicted molar refractivity (Wildman–Crippen MR) is 196 cm³/mol. The Balaban J connectivity index is 1.08. The van der Waals surface area contributed by atoms with Gasteiger partial charge in [-0.3, -0.25) is 13.8 Å². The third kappa shape index (κ3) is 8.82. The van der Waals surface area contributed by atoms with Gasteiger partial charge < -0.3 is 94.2 Å². The highest BCUT2D eigenvalue weighted by molar-refractivity contribution is 7.47. The number of phosphoric acid groups is 1. The molecule has 15 atom stereocenters. The van der Waals surface area contributed by atoms with Gasteiger partial charge in [-0.1, -0.05) is 12.1 Å². The number of carbonyl (C=O) groups is 1. The maximum Gasteiger partial charge on any atom is 0.474 e. The lowest BCUT2D eigenvalue weighted by atomic mass is 9.92. The molecular formula is C37H43O23P. The van der Waals surface area contributed by atoms with Crippen LogP contribution >= 0.6 is 7.82 Å². The summed E-state index contributed by atoms with van der Waals surface area (Å²) in [5.74, 6) is -2.25. The number of methoxy groups -OCH3 is 1. The first-order valence-corrected chi connectivity index (χ1v) is 20.0. The highest BCUT2D eigenvalue weighted by Crippen LogP contribution is 2.50. The Bertz CT molecular complexity index is 2120. The normalized spacial score (nSPS) is 34.5. The van der Waals surface area contributed by atoms with E-state index >= 15 is 0 Å². The SMILES string of the molecule is COc1cc([C@H]2Oc3cc([C@H]4Oc5cc(O)cc(O)c5C(=O)[C@@H]4O)ccc3O[C@H]2COP(=O)(O)OC2O[C@H](CO)[C@H](OC3O[C@H](CO)[C@H](O)[C@H](O)[C@H]3O)[C@H](O)[C@H]2O)ccc1O. The highest BCUT2D eigenvalue weighted by atomic mass is 31.2. The number of rotatable bonds is 12. The van der Waals surface area contributed by atoms with Gasteiger partial charge in [0.05, 0.1) is 26.9 Å². The van der Waals surface area contributed by atoms with Gasteiger partial charge in [-0.05, 0) is 29.8 Å². The molecule has 0 amide bonds. The maximum absolute atomic E-state index is 13.4. The van der Waals surface area contributed by atoms with E-state index in [4.69, 9.17) is 42.2 Å². The number of carbonyl (C=O) groups excluding carboxylic acids is 1. The third-order valence-electron chi connectivity index (χ3n) is 10.4. The number of fused-ring (bicyclic) bond motifs is 2. The van der Waals surface area contributed by atoms with Crippen LogP contribution in [0.4, 0.5) is 0 Å². The van der Waals surface area contributed by atoms with E-state index in [9.17, 15) is 70.4 Å². The van der Waals surface area contributed by atoms with Crippen LogP contribution in [0.25, 0.3) is 0 Å². The second-order valence-electron chi connectivity index (χ2n) is 14.4. The molecule has 2 fully saturated rings. The van der Waals surface area contributed by atoms with E-state index in [0.29, 0.717) is 0 Å². The van der Waals surface area contributed by atoms with Crippen molar-refractivity contribution < 1.29 is 113 Å². The second kappa shape index (κ2) is 17.8. The number of aliphatic hydroxyl groups excluding tert-OH is 8. The molecule has 12 N–H and O–H groups in total. The van der Waals surface area contributed by atoms with Crippen molar-refractivity contribution in [3.8, 4) is 40.2 Å². The molecule has 3 aromatic rings. The maximum atomic E-state index is 13.4. The van der Waals surface area contributed by atoms with Crippen LogP contribution in [0.3, 0.4) is 0 Å². The summed E-state index contributed by atoms with van der Waals surface area (Å²) < 4.78 is 63.3. The minimum atomic E-state index is -5.30. The van der Waals surface area contributed by atoms with Gasteiger partial charge in [-0.2, -0.15) is 0 Å². The first-order chi connectivity index (χ1) is 28.9. The Morgan fingerprint density at radius 2 is 1.33 bits per heavy atom. The zero-order valence-electron chi connectivity index (χ0n) is 31.6. The Labute approximate surface area is 344 Å². The van der Waals surface area contributed by atoms with Crippen LogP contribution in [0.1, 0.15) is 33.7 Å². The van der Waals surface area contributed by atoms with Crippen molar-refractivity contribution >= 4 is 13.6 Å². The van der Waals surface area contributed by atoms with E-state index < -0.39 is 131 Å². The quantitative estimate of drug-likeness (QED) is 0.0886. The standard InChI is InChI=1S/C37H43O23P/c1-52-19-6-13(2-4-16(19)41)33-24(54-18-5-3-14(7-20(18)55-33)34-29(46)27(44)25-17(42)8-15(40)9-21(25)56-34)12-53-61(50,51)60-37-32(49)30(47)35(23(11-39)58-37)59-36-31(48)28(45)26(43)22(10-38)57-36/h2-9,22-24,26,28-43,45-49H,10-12H2,1H3,(H,50,51)/t22-,23-,24+,26+,28+,29+,30-,31-,32-,33-,34-,35+,36?,37?/m1/s1. The van der Waals surface area contributed by atoms with Gasteiger partial charge in [0, 0.05) is 17.7 Å². The van der Waals surface area contributed by atoms with E-state index in [1.807, 2.05) is 0 Å². The zero-order chi connectivity index (χ0) is 44.1. The van der Waals surface area contributed by atoms with Crippen molar-refractivity contribution in [1.29, 1.82) is 0 Å². The summed E-state index contributed by atoms with van der Waals surface area (Å²) in [6, 6.07) is 10.3. The number of phosphoric ester groups is 1. The van der Waals surface area contributed by atoms with Crippen molar-refractivity contribution in [1.82, 2.24) is 0 Å². The first kappa shape index (κ1) is 44.6. The summed E-state index contributed by atoms with van der Waals surface area (Å²) >= 11 is 0. The summed E-state index contributed by atoms with van der Waals surface area (Å²) in [4.78, 5) is 23.9. The van der Waals surface area contributed by atoms with E-state index in [1.54, 1.807) is 0 Å². The first-order valence-electron chi connectivity index (χ1n) is 18.5. The number of ether oxygens (including phenoxy) is 7. The van der Waals surface area contributed by atoms with Gasteiger partial charge in [0.25, 0.3) is 0 Å². The number of hydrogen-bond donors (Lipinski definition) is 12. The number of phenols is 3. The Kier molecular flexibility index (Phi) is 13.0. The molecule has 0 spiro atoms. The molecule has 0 saturated carbocycles. The fourth-order valence-corrected chi connectivity index (χ4v) is 8.07. The average molecular weight is 887 g/mol. The molecule has 7 rings (SSSR count). The summed E-state index contributed by atoms with van der Waals surface area (Å²) in [6.07, 6.45) is -24.2. The largest absolute Gasteiger partial charge is 0.508 e. The Morgan fingerprint density at radius 3 is 2.03 bits per heavy atom. The molecule has 0 aliphatic carbocycles. The zero-order valence-corrected chi connectivity index (χ0v) is 32.5. The summed E-state index contributed by atoms with van der Waals surface area (Å²) in [5, 5.41) is 113. The van der Waals surface area contributed by atoms with Crippen LogP contribution in [0.5, 0.6) is 40.2 Å². The summed E-state index contributed by atoms with van der Waals surface area (Å²) in [5.41, 5.74) is 0.145. The molecular weight excluding hydrogens is 843 g/mol. The fraction of sp³-hybridized carbons (Fsp3) is 0.486. The molecule has 0 bridgehead atoms. The lowest BCUT2D eigenvalue weighted by Crippen LogP contribution is -2.64. The van der Waals surface area contributed by atoms with Crippen molar-refractivity contribution in [2.75, 3.05) is 26.9 Å². The predicted octanol–water partition coefficient (Wildman–Crippen LogP) is -1.87. The van der Waals surface area contributed by atoms with Crippen LogP contribution in [0.2, 0.25) is 0 Å². The molecule has 3 unspecified atom stereocenters. The minimum Gasteiger partial charge on any atom is -0.508 e. The number of phenolic OH excluding ortho intramolecular Hbond substituents is 3. The van der Waals surface area contributed by atoms with Gasteiger partial charge in [0.15, 0.2) is 60.0 Å². The molecule has 4 heterocycles. The lowest BCUT2D eigenvalue weighted by molar-refractivity contribution is -0.353. The number of hydrogen-bond acceptors (Lipinski definition) is 22. The Hall–Kier alpha value is -4.40. The van der Waals surface area contributed by atoms with E-state index in [-0.39, 0.29) is 45.4 Å². The van der Waals surface area contributed by atoms with Crippen molar-refractivity contribution in [2.45, 2.75) is 85.8 Å². The van der Waals surface area contributed by atoms with Crippen molar-refractivity contribution in [3.63, 3.8) is 0 Å². The Morgan fingerprint density at radius 1 is 0.672 bits per heavy atom. The van der Waals surface area contributed by atoms with Crippen LogP contribution in [0.15, 0.2) is 48.5 Å². The van der Waals surface area contributed by atoms with Gasteiger partial charge in [0.1, 0.15) is 71.6 Å². The summed E-state index contributed by atoms with van der Waals surface area (Å²) in [6.45, 7) is -2.56. The van der Waals surface area contributed by atoms with Crippen LogP contribution in [-0.2, 0) is 27.8 Å². The number of aliphatic hydroxyl groups is 8. The number of benzene rings is 3. The minimum absolute atomic E-state index is 0.00754. The van der Waals surface area contributed by atoms with E-state index in [0.717, 1.165) is 12.1 Å². The third-order valence-corrected chi connectivity index (χ3v) is 11.4. The van der Waals surface area contributed by atoms with Gasteiger partial charge in [-0.15, -0.1) is 0 Å². The molecule has 2 saturated heterocycles. The van der Waals surface area contributed by atoms with Crippen molar-refractivity contribution in [2.24, 2.45) is 0 Å². The summed E-state index contributed by atoms with van der Waals surface area (Å²) in [7, 11) is -4.01. The van der Waals surface area contributed by atoms with Crippen LogP contribution < -0.4 is 18.9 Å². The number of ketones is 1. The van der Waals surface area contributed by atoms with Crippen molar-refractivity contribution in [3.05, 3.63) is 65.2 Å². The smallest absolute Gasteiger partial charge is 0.474 e. The molecule has 334 valence electrons. The molecule has 0 radical (unpaired) electrons. The second-order valence-corrected chi connectivity index (χ2v) is 15.8. The van der Waals surface area contributed by atoms with E-state index in [2.05, 4.69) is 0 Å². The van der Waals surface area contributed by atoms with Gasteiger partial charge >= 0.3 is 7.82 Å². The van der Waals surface area contributed by atoms with Gasteiger partial charge in [-0.25, -0.2) is 4.57 Å². The molecule has 4 aliphatic heterocycles. The highest BCUT2D eigenvalue weighted by Gasteiger charge is 2.52. The number of Topliss-reactive ketones (excluding diaryl/α,β-unsaturated/α-hetero) is 1. The molecule has 4 aliphatic rings. The molecule has 24 heteroatoms. The number of aromatic hydroxyl groups is 3. The molecule has 0 aromatic heterocycles. The average Bonchev–Trinajstić information content (AvgIpc) is 3.23. The molecule has 61 heavy (non-hydrogen) atoms. The van der Waals surface area contributed by atoms with Gasteiger partial charge in [0.2, 0.25) is 5.78 Å². The van der Waals surface area contributed by atoms with E-state index in [1.165, 1.54) is 43.5 Å². The van der Waals surface area contributed by atoms with Crippen LogP contribution in [0, 0.1) is 0 Å². The monoisotopic (exact) mass is 886 g/mol. The molecule has 23 nitrogen and oxygen atoms in total. The lowest BCUT2D eigenvalue weighted by Gasteiger charge is -2.45. The topological polar surface area (TPSA) is 360 Å². The fourth-order valence-electron chi connectivity index (χ4n) is 7.24. The molecule has 3 aromatic carbocycles. The van der Waals surface area contributed by atoms with Crippen LogP contribution in [-0.4, -0.2) is 167 Å².